The Balaban J connectivity index is 1.58. The van der Waals surface area contributed by atoms with E-state index in [0.717, 1.165) is 17.7 Å². The molecule has 0 bridgehead atoms. The summed E-state index contributed by atoms with van der Waals surface area (Å²) in [4.78, 5) is 44.6. The van der Waals surface area contributed by atoms with E-state index < -0.39 is 47.7 Å². The zero-order valence-corrected chi connectivity index (χ0v) is 24.2. The molecular formula is C33H33F2N5O4. The SMILES string of the molecule is C=CCN1CC(=O)N2[C@@H](C(=C)N([C@H](C)c3ccc(F)cc3F)C(=O)[C@@H]2Cc2ccc(O)cc2)N1C(=O)NCc1ccccc1. The molecule has 0 radical (unpaired) electrons. The monoisotopic (exact) mass is 601 g/mol. The molecule has 9 nitrogen and oxygen atoms in total. The standard InChI is InChI=1S/C33H33F2N5O4/c1-4-16-37-20-30(42)39-29(17-23-10-13-26(41)14-11-23)32(43)38(21(2)27-15-12-25(34)18-28(27)35)22(3)31(39)40(37)33(44)36-19-24-8-6-5-7-9-24/h4-15,18,21,29,31,41H,1,3,16-17,19-20H2,2H3,(H,36,44)/t21-,29+,31-/m1/s1. The fourth-order valence-electron chi connectivity index (χ4n) is 5.77. The number of phenols is 1. The van der Waals surface area contributed by atoms with Gasteiger partial charge in [-0.2, -0.15) is 0 Å². The average Bonchev–Trinajstić information content (AvgIpc) is 2.99. The number of urea groups is 1. The van der Waals surface area contributed by atoms with Crippen molar-refractivity contribution in [3.63, 3.8) is 0 Å². The lowest BCUT2D eigenvalue weighted by atomic mass is 9.94. The van der Waals surface area contributed by atoms with Crippen molar-refractivity contribution in [2.75, 3.05) is 13.1 Å². The Morgan fingerprint density at radius 3 is 2.43 bits per heavy atom. The first-order valence-corrected chi connectivity index (χ1v) is 14.1. The molecule has 2 aliphatic heterocycles. The van der Waals surface area contributed by atoms with Crippen molar-refractivity contribution in [2.45, 2.75) is 38.1 Å². The number of fused-ring (bicyclic) bond motifs is 1. The van der Waals surface area contributed by atoms with E-state index in [1.165, 1.54) is 38.0 Å². The van der Waals surface area contributed by atoms with Crippen LogP contribution in [0.25, 0.3) is 0 Å². The number of amides is 4. The molecule has 2 aliphatic rings. The minimum absolute atomic E-state index is 0.0346. The maximum atomic E-state index is 15.0. The highest BCUT2D eigenvalue weighted by atomic mass is 19.1. The third-order valence-corrected chi connectivity index (χ3v) is 7.87. The van der Waals surface area contributed by atoms with Crippen molar-refractivity contribution in [3.8, 4) is 5.75 Å². The van der Waals surface area contributed by atoms with Crippen LogP contribution in [0.1, 0.15) is 29.7 Å². The van der Waals surface area contributed by atoms with Gasteiger partial charge in [-0.15, -0.1) is 6.58 Å². The van der Waals surface area contributed by atoms with Gasteiger partial charge in [-0.1, -0.05) is 61.2 Å². The lowest BCUT2D eigenvalue weighted by molar-refractivity contribution is -0.182. The molecule has 0 aliphatic carbocycles. The van der Waals surface area contributed by atoms with Gasteiger partial charge in [-0.05, 0) is 36.2 Å². The molecule has 2 saturated heterocycles. The summed E-state index contributed by atoms with van der Waals surface area (Å²) in [7, 11) is 0. The molecule has 3 aromatic carbocycles. The summed E-state index contributed by atoms with van der Waals surface area (Å²) in [5.74, 6) is -2.53. The van der Waals surface area contributed by atoms with Crippen molar-refractivity contribution in [1.82, 2.24) is 25.1 Å². The molecular weight excluding hydrogens is 568 g/mol. The Morgan fingerprint density at radius 2 is 1.77 bits per heavy atom. The molecule has 0 spiro atoms. The summed E-state index contributed by atoms with van der Waals surface area (Å²) in [5, 5.41) is 15.6. The van der Waals surface area contributed by atoms with E-state index in [4.69, 9.17) is 0 Å². The fourth-order valence-corrected chi connectivity index (χ4v) is 5.77. The van der Waals surface area contributed by atoms with Gasteiger partial charge < -0.3 is 20.2 Å². The number of carbonyl (C=O) groups is 3. The highest BCUT2D eigenvalue weighted by Crippen LogP contribution is 2.38. The van der Waals surface area contributed by atoms with Crippen molar-refractivity contribution in [2.24, 2.45) is 0 Å². The molecule has 0 saturated carbocycles. The molecule has 2 heterocycles. The van der Waals surface area contributed by atoms with E-state index in [1.807, 2.05) is 30.3 Å². The Kier molecular flexibility index (Phi) is 8.77. The average molecular weight is 602 g/mol. The number of phenolic OH excluding ortho intramolecular Hbond substituents is 1. The van der Waals surface area contributed by atoms with E-state index in [0.29, 0.717) is 5.56 Å². The second-order valence-electron chi connectivity index (χ2n) is 10.7. The molecule has 0 aromatic heterocycles. The number of benzene rings is 3. The summed E-state index contributed by atoms with van der Waals surface area (Å²) in [6.07, 6.45) is 0.446. The minimum Gasteiger partial charge on any atom is -0.508 e. The van der Waals surface area contributed by atoms with Crippen molar-refractivity contribution in [3.05, 3.63) is 126 Å². The molecule has 3 aromatic rings. The van der Waals surface area contributed by atoms with E-state index in [9.17, 15) is 23.9 Å². The number of nitrogens with zero attached hydrogens (tertiary/aromatic N) is 4. The normalized spacial score (nSPS) is 19.5. The molecule has 2 fully saturated rings. The van der Waals surface area contributed by atoms with Gasteiger partial charge in [0.15, 0.2) is 6.17 Å². The highest BCUT2D eigenvalue weighted by Gasteiger charge is 2.54. The highest BCUT2D eigenvalue weighted by molar-refractivity contribution is 5.93. The topological polar surface area (TPSA) is 96.4 Å². The van der Waals surface area contributed by atoms with Crippen molar-refractivity contribution in [1.29, 1.82) is 0 Å². The summed E-state index contributed by atoms with van der Waals surface area (Å²) >= 11 is 0. The van der Waals surface area contributed by atoms with E-state index in [1.54, 1.807) is 25.1 Å². The van der Waals surface area contributed by atoms with Crippen LogP contribution in [0, 0.1) is 11.6 Å². The zero-order chi connectivity index (χ0) is 31.5. The first kappa shape index (κ1) is 30.4. The number of rotatable bonds is 8. The van der Waals surface area contributed by atoms with Crippen LogP contribution in [0.5, 0.6) is 5.75 Å². The van der Waals surface area contributed by atoms with Crippen LogP contribution < -0.4 is 5.32 Å². The molecule has 11 heteroatoms. The first-order chi connectivity index (χ1) is 21.1. The van der Waals surface area contributed by atoms with Gasteiger partial charge in [0.2, 0.25) is 5.91 Å². The Labute approximate surface area is 254 Å². The molecule has 228 valence electrons. The number of piperazine rings is 1. The van der Waals surface area contributed by atoms with Gasteiger partial charge >= 0.3 is 6.03 Å². The Morgan fingerprint density at radius 1 is 1.07 bits per heavy atom. The first-order valence-electron chi connectivity index (χ1n) is 14.1. The third kappa shape index (κ3) is 5.91. The molecule has 4 amide bonds. The number of aromatic hydroxyl groups is 1. The van der Waals surface area contributed by atoms with Crippen LogP contribution in [0.4, 0.5) is 13.6 Å². The van der Waals surface area contributed by atoms with Crippen LogP contribution in [0.2, 0.25) is 0 Å². The van der Waals surface area contributed by atoms with Gasteiger partial charge in [0.05, 0.1) is 18.3 Å². The largest absolute Gasteiger partial charge is 0.508 e. The van der Waals surface area contributed by atoms with Crippen LogP contribution >= 0.6 is 0 Å². The smallest absolute Gasteiger partial charge is 0.334 e. The molecule has 44 heavy (non-hydrogen) atoms. The quantitative estimate of drug-likeness (QED) is 0.372. The number of hydrogen-bond acceptors (Lipinski definition) is 5. The van der Waals surface area contributed by atoms with Crippen molar-refractivity contribution >= 4 is 17.8 Å². The minimum atomic E-state index is -1.15. The van der Waals surface area contributed by atoms with Crippen LogP contribution in [0.3, 0.4) is 0 Å². The molecule has 0 unspecified atom stereocenters. The number of hydrazine groups is 1. The number of nitrogens with one attached hydrogen (secondary N) is 1. The van der Waals surface area contributed by atoms with E-state index >= 15 is 4.39 Å². The number of carbonyl (C=O) groups excluding carboxylic acids is 3. The van der Waals surface area contributed by atoms with Crippen LogP contribution in [-0.2, 0) is 22.6 Å². The molecule has 3 atom stereocenters. The predicted molar refractivity (Wildman–Crippen MR) is 159 cm³/mol. The summed E-state index contributed by atoms with van der Waals surface area (Å²) in [5.41, 5.74) is 1.62. The maximum absolute atomic E-state index is 15.0. The number of hydrogen-bond donors (Lipinski definition) is 2. The van der Waals surface area contributed by atoms with E-state index in [2.05, 4.69) is 18.5 Å². The lowest BCUT2D eigenvalue weighted by Crippen LogP contribution is -2.75. The van der Waals surface area contributed by atoms with Gasteiger partial charge in [-0.25, -0.2) is 23.6 Å². The lowest BCUT2D eigenvalue weighted by Gasteiger charge is -2.56. The Hall–Kier alpha value is -5.03. The summed E-state index contributed by atoms with van der Waals surface area (Å²) in [6, 6.07) is 16.0. The summed E-state index contributed by atoms with van der Waals surface area (Å²) in [6.45, 7) is 9.65. The fraction of sp³-hybridized carbons (Fsp3) is 0.242. The Bertz CT molecular complexity index is 1580. The van der Waals surface area contributed by atoms with Crippen molar-refractivity contribution < 1.29 is 28.3 Å². The van der Waals surface area contributed by atoms with Crippen LogP contribution in [0.15, 0.2) is 97.7 Å². The second kappa shape index (κ2) is 12.7. The third-order valence-electron chi connectivity index (χ3n) is 7.87. The number of halogens is 2. The van der Waals surface area contributed by atoms with E-state index in [-0.39, 0.29) is 43.1 Å². The maximum Gasteiger partial charge on any atom is 0.334 e. The molecule has 5 rings (SSSR count). The predicted octanol–water partition coefficient (Wildman–Crippen LogP) is 4.48. The zero-order valence-electron chi connectivity index (χ0n) is 24.2. The van der Waals surface area contributed by atoms with Gasteiger partial charge in [0.25, 0.3) is 5.91 Å². The second-order valence-corrected chi connectivity index (χ2v) is 10.7. The molecule has 2 N–H and O–H groups in total. The van der Waals surface area contributed by atoms with Gasteiger partial charge in [0.1, 0.15) is 23.4 Å². The summed E-state index contributed by atoms with van der Waals surface area (Å²) < 4.78 is 28.8. The van der Waals surface area contributed by atoms with Gasteiger partial charge in [0, 0.05) is 31.1 Å². The van der Waals surface area contributed by atoms with Gasteiger partial charge in [-0.3, -0.25) is 9.59 Å². The van der Waals surface area contributed by atoms with Crippen LogP contribution in [-0.4, -0.2) is 68.1 Å².